The summed E-state index contributed by atoms with van der Waals surface area (Å²) in [5.41, 5.74) is 0.289. The summed E-state index contributed by atoms with van der Waals surface area (Å²) >= 11 is 0. The molecule has 1 amide bonds. The van der Waals surface area contributed by atoms with E-state index in [1.807, 2.05) is 0 Å². The average molecular weight is 470 g/mol. The lowest BCUT2D eigenvalue weighted by atomic mass is 10.1. The van der Waals surface area contributed by atoms with Crippen molar-refractivity contribution in [1.29, 1.82) is 0 Å². The number of hydrogen-bond donors (Lipinski definition) is 2. The molecule has 0 bridgehead atoms. The number of ether oxygens (including phenoxy) is 1. The number of rotatable bonds is 7. The first kappa shape index (κ1) is 23.6. The van der Waals surface area contributed by atoms with Crippen molar-refractivity contribution in [2.45, 2.75) is 32.3 Å². The number of nitrogens with one attached hydrogen (secondary N) is 1. The van der Waals surface area contributed by atoms with E-state index < -0.39 is 27.6 Å². The molecule has 0 spiro atoms. The van der Waals surface area contributed by atoms with Crippen molar-refractivity contribution in [3.05, 3.63) is 41.2 Å². The summed E-state index contributed by atoms with van der Waals surface area (Å²) in [5.74, 6) is -2.06. The van der Waals surface area contributed by atoms with Crippen molar-refractivity contribution in [3.63, 3.8) is 0 Å². The molecule has 12 heteroatoms. The molecule has 32 heavy (non-hydrogen) atoms. The lowest BCUT2D eigenvalue weighted by Gasteiger charge is -2.30. The zero-order chi connectivity index (χ0) is 23.5. The Hall–Kier alpha value is -3.02. The number of halogens is 2. The van der Waals surface area contributed by atoms with Crippen LogP contribution in [0.15, 0.2) is 18.5 Å². The zero-order valence-electron chi connectivity index (χ0n) is 17.6. The lowest BCUT2D eigenvalue weighted by molar-refractivity contribution is 0.0866. The molecular formula is C20H24F2N4O5S. The van der Waals surface area contributed by atoms with Crippen LogP contribution in [-0.4, -0.2) is 65.7 Å². The second-order valence-electron chi connectivity index (χ2n) is 7.64. The molecule has 2 heterocycles. The summed E-state index contributed by atoms with van der Waals surface area (Å²) < 4.78 is 57.4. The Morgan fingerprint density at radius 2 is 1.94 bits per heavy atom. The van der Waals surface area contributed by atoms with Crippen molar-refractivity contribution in [3.8, 4) is 5.88 Å². The van der Waals surface area contributed by atoms with Crippen molar-refractivity contribution >= 4 is 27.4 Å². The molecule has 9 nitrogen and oxygen atoms in total. The highest BCUT2D eigenvalue weighted by molar-refractivity contribution is 7.90. The van der Waals surface area contributed by atoms with Crippen LogP contribution in [0, 0.1) is 18.6 Å². The SMILES string of the molecule is Cc1c(Nc2ccc(CCS(C)(=O)=O)c(F)c2F)ncnc1OC1CCN(C(=O)O)CC1. The van der Waals surface area contributed by atoms with Gasteiger partial charge in [-0.15, -0.1) is 0 Å². The number of anilines is 2. The van der Waals surface area contributed by atoms with Crippen LogP contribution in [0.1, 0.15) is 24.0 Å². The van der Waals surface area contributed by atoms with Gasteiger partial charge in [-0.05, 0) is 25.0 Å². The standard InChI is InChI=1S/C20H24F2N4O5S/c1-12-18(23-11-24-19(12)31-14-5-8-26(9-6-14)20(27)28)25-15-4-3-13(16(21)17(15)22)7-10-32(2,29)30/h3-4,11,14H,5-10H2,1-2H3,(H,27,28)(H,23,24,25). The maximum atomic E-state index is 14.6. The number of benzene rings is 1. The second kappa shape index (κ2) is 9.63. The third kappa shape index (κ3) is 5.81. The molecule has 0 radical (unpaired) electrons. The van der Waals surface area contributed by atoms with E-state index in [4.69, 9.17) is 9.84 Å². The molecule has 0 atom stereocenters. The van der Waals surface area contributed by atoms with Gasteiger partial charge in [-0.2, -0.15) is 0 Å². The number of piperidine rings is 1. The minimum Gasteiger partial charge on any atom is -0.474 e. The maximum absolute atomic E-state index is 14.6. The molecule has 1 aromatic carbocycles. The van der Waals surface area contributed by atoms with E-state index in [2.05, 4.69) is 15.3 Å². The molecule has 1 saturated heterocycles. The molecule has 0 unspecified atom stereocenters. The van der Waals surface area contributed by atoms with Crippen molar-refractivity contribution in [2.24, 2.45) is 0 Å². The number of likely N-dealkylation sites (tertiary alicyclic amines) is 1. The largest absolute Gasteiger partial charge is 0.474 e. The van der Waals surface area contributed by atoms with Crippen LogP contribution in [0.3, 0.4) is 0 Å². The van der Waals surface area contributed by atoms with Crippen LogP contribution >= 0.6 is 0 Å². The summed E-state index contributed by atoms with van der Waals surface area (Å²) in [6, 6.07) is 2.65. The van der Waals surface area contributed by atoms with Crippen LogP contribution in [0.5, 0.6) is 5.88 Å². The van der Waals surface area contributed by atoms with E-state index in [1.54, 1.807) is 6.92 Å². The average Bonchev–Trinajstić information content (AvgIpc) is 2.73. The molecule has 0 aliphatic carbocycles. The van der Waals surface area contributed by atoms with E-state index in [0.29, 0.717) is 31.5 Å². The van der Waals surface area contributed by atoms with Gasteiger partial charge in [0.2, 0.25) is 5.88 Å². The lowest BCUT2D eigenvalue weighted by Crippen LogP contribution is -2.41. The number of aromatic nitrogens is 2. The molecule has 1 aromatic heterocycles. The summed E-state index contributed by atoms with van der Waals surface area (Å²) in [6.45, 7) is 2.37. The highest BCUT2D eigenvalue weighted by Crippen LogP contribution is 2.29. The monoisotopic (exact) mass is 470 g/mol. The quantitative estimate of drug-likeness (QED) is 0.634. The minimum atomic E-state index is -3.31. The van der Waals surface area contributed by atoms with Crippen molar-refractivity contribution in [2.75, 3.05) is 30.4 Å². The maximum Gasteiger partial charge on any atom is 0.407 e. The number of carboxylic acid groups (broad SMARTS) is 1. The normalized spacial score (nSPS) is 14.9. The number of sulfone groups is 1. The molecule has 2 aromatic rings. The van der Waals surface area contributed by atoms with Gasteiger partial charge in [-0.1, -0.05) is 6.07 Å². The fraction of sp³-hybridized carbons (Fsp3) is 0.450. The summed E-state index contributed by atoms with van der Waals surface area (Å²) in [6.07, 6.45) is 1.95. The van der Waals surface area contributed by atoms with E-state index in [1.165, 1.54) is 23.4 Å². The van der Waals surface area contributed by atoms with Gasteiger partial charge in [0, 0.05) is 32.2 Å². The molecule has 174 valence electrons. The van der Waals surface area contributed by atoms with Crippen molar-refractivity contribution in [1.82, 2.24) is 14.9 Å². The van der Waals surface area contributed by atoms with Crippen LogP contribution in [0.25, 0.3) is 0 Å². The Kier molecular flexibility index (Phi) is 7.12. The first-order chi connectivity index (χ1) is 15.0. The fourth-order valence-electron chi connectivity index (χ4n) is 3.30. The Bertz CT molecular complexity index is 1110. The highest BCUT2D eigenvalue weighted by Gasteiger charge is 2.25. The minimum absolute atomic E-state index is 0.0328. The van der Waals surface area contributed by atoms with E-state index in [0.717, 1.165) is 6.26 Å². The molecule has 3 rings (SSSR count). The Balaban J connectivity index is 1.72. The van der Waals surface area contributed by atoms with Crippen LogP contribution in [0.2, 0.25) is 0 Å². The van der Waals surface area contributed by atoms with E-state index in [9.17, 15) is 22.0 Å². The predicted octanol–water partition coefficient (Wildman–Crippen LogP) is 2.92. The predicted molar refractivity (Wildman–Crippen MR) is 113 cm³/mol. The molecular weight excluding hydrogens is 446 g/mol. The molecule has 1 aliphatic rings. The fourth-order valence-corrected chi connectivity index (χ4v) is 3.89. The van der Waals surface area contributed by atoms with Gasteiger partial charge in [0.1, 0.15) is 28.1 Å². The van der Waals surface area contributed by atoms with Gasteiger partial charge in [0.15, 0.2) is 11.6 Å². The first-order valence-corrected chi connectivity index (χ1v) is 12.0. The second-order valence-corrected chi connectivity index (χ2v) is 9.90. The first-order valence-electron chi connectivity index (χ1n) is 9.93. The van der Waals surface area contributed by atoms with Gasteiger partial charge < -0.3 is 20.1 Å². The topological polar surface area (TPSA) is 122 Å². The number of hydrogen-bond acceptors (Lipinski definition) is 7. The smallest absolute Gasteiger partial charge is 0.407 e. The van der Waals surface area contributed by atoms with E-state index in [-0.39, 0.29) is 41.2 Å². The molecule has 0 saturated carbocycles. The summed E-state index contributed by atoms with van der Waals surface area (Å²) in [7, 11) is -3.31. The molecule has 1 fully saturated rings. The van der Waals surface area contributed by atoms with Crippen LogP contribution < -0.4 is 10.1 Å². The van der Waals surface area contributed by atoms with Gasteiger partial charge in [0.05, 0.1) is 17.0 Å². The van der Waals surface area contributed by atoms with Gasteiger partial charge in [-0.25, -0.2) is 32.0 Å². The van der Waals surface area contributed by atoms with Gasteiger partial charge in [0.25, 0.3) is 0 Å². The molecule has 2 N–H and O–H groups in total. The Labute approximate surface area is 184 Å². The summed E-state index contributed by atoms with van der Waals surface area (Å²) in [5, 5.41) is 11.8. The number of nitrogens with zero attached hydrogens (tertiary/aromatic N) is 3. The van der Waals surface area contributed by atoms with Gasteiger partial charge >= 0.3 is 6.09 Å². The van der Waals surface area contributed by atoms with Crippen molar-refractivity contribution < 1.29 is 31.8 Å². The van der Waals surface area contributed by atoms with Crippen LogP contribution in [-0.2, 0) is 16.3 Å². The van der Waals surface area contributed by atoms with Gasteiger partial charge in [-0.3, -0.25) is 0 Å². The number of aryl methyl sites for hydroxylation is 1. The number of carbonyl (C=O) groups is 1. The third-order valence-corrected chi connectivity index (χ3v) is 6.13. The Morgan fingerprint density at radius 1 is 1.25 bits per heavy atom. The Morgan fingerprint density at radius 3 is 2.56 bits per heavy atom. The van der Waals surface area contributed by atoms with Crippen LogP contribution in [0.4, 0.5) is 25.1 Å². The molecule has 1 aliphatic heterocycles. The summed E-state index contributed by atoms with van der Waals surface area (Å²) in [4.78, 5) is 20.5. The van der Waals surface area contributed by atoms with E-state index >= 15 is 0 Å². The number of amides is 1. The third-order valence-electron chi connectivity index (χ3n) is 5.19. The highest BCUT2D eigenvalue weighted by atomic mass is 32.2. The zero-order valence-corrected chi connectivity index (χ0v) is 18.5.